The highest BCUT2D eigenvalue weighted by Crippen LogP contribution is 2.32. The van der Waals surface area contributed by atoms with Crippen LogP contribution in [0, 0.1) is 11.8 Å². The molecule has 1 saturated heterocycles. The Morgan fingerprint density at radius 2 is 2.16 bits per heavy atom. The average molecular weight is 341 g/mol. The van der Waals surface area contributed by atoms with Gasteiger partial charge < -0.3 is 15.1 Å². The van der Waals surface area contributed by atoms with Crippen LogP contribution in [0.2, 0.25) is 0 Å². The Kier molecular flexibility index (Phi) is 4.17. The molecule has 6 nitrogen and oxygen atoms in total. The molecule has 25 heavy (non-hydrogen) atoms. The number of nitrogens with one attached hydrogen (secondary N) is 3. The van der Waals surface area contributed by atoms with Gasteiger partial charge in [0, 0.05) is 44.3 Å². The zero-order valence-electron chi connectivity index (χ0n) is 15.1. The highest BCUT2D eigenvalue weighted by atomic mass is 16.2. The lowest BCUT2D eigenvalue weighted by atomic mass is 10.0. The van der Waals surface area contributed by atoms with E-state index in [0.717, 1.165) is 6.67 Å². The zero-order chi connectivity index (χ0) is 17.6. The van der Waals surface area contributed by atoms with Gasteiger partial charge in [-0.1, -0.05) is 26.0 Å². The largest absolute Gasteiger partial charge is 0.375 e. The summed E-state index contributed by atoms with van der Waals surface area (Å²) >= 11 is 0. The summed E-state index contributed by atoms with van der Waals surface area (Å²) in [7, 11) is 2.14. The van der Waals surface area contributed by atoms with Crippen LogP contribution in [0.15, 0.2) is 47.3 Å². The molecule has 4 rings (SSSR count). The van der Waals surface area contributed by atoms with Crippen molar-refractivity contribution in [2.75, 3.05) is 26.8 Å². The fourth-order valence-electron chi connectivity index (χ4n) is 4.04. The van der Waals surface area contributed by atoms with Gasteiger partial charge in [0.2, 0.25) is 5.91 Å². The van der Waals surface area contributed by atoms with E-state index in [1.807, 2.05) is 24.9 Å². The first kappa shape index (κ1) is 16.4. The number of amides is 1. The van der Waals surface area contributed by atoms with Crippen molar-refractivity contribution in [1.82, 2.24) is 25.8 Å². The normalized spacial score (nSPS) is 30.3. The van der Waals surface area contributed by atoms with Gasteiger partial charge in [0.15, 0.2) is 0 Å². The number of likely N-dealkylation sites (N-methyl/N-ethyl adjacent to an activating group) is 1. The number of hydrogen-bond acceptors (Lipinski definition) is 5. The molecule has 1 fully saturated rings. The van der Waals surface area contributed by atoms with Crippen molar-refractivity contribution in [1.29, 1.82) is 0 Å². The van der Waals surface area contributed by atoms with Crippen molar-refractivity contribution in [2.24, 2.45) is 11.8 Å². The molecule has 0 aromatic carbocycles. The minimum absolute atomic E-state index is 0.0459. The minimum atomic E-state index is 0.0459. The maximum atomic E-state index is 12.3. The van der Waals surface area contributed by atoms with Gasteiger partial charge in [0.1, 0.15) is 0 Å². The summed E-state index contributed by atoms with van der Waals surface area (Å²) in [5.74, 6) is 0.654. The highest BCUT2D eigenvalue weighted by Gasteiger charge is 2.37. The van der Waals surface area contributed by atoms with Crippen LogP contribution in [0.5, 0.6) is 0 Å². The molecule has 6 heteroatoms. The Morgan fingerprint density at radius 1 is 1.32 bits per heavy atom. The van der Waals surface area contributed by atoms with E-state index in [1.54, 1.807) is 0 Å². The first-order valence-corrected chi connectivity index (χ1v) is 9.08. The van der Waals surface area contributed by atoms with Crippen molar-refractivity contribution in [3.63, 3.8) is 0 Å². The Hall–Kier alpha value is -2.05. The summed E-state index contributed by atoms with van der Waals surface area (Å²) in [6.07, 6.45) is 11.5. The van der Waals surface area contributed by atoms with Crippen molar-refractivity contribution >= 4 is 5.91 Å². The summed E-state index contributed by atoms with van der Waals surface area (Å²) in [6, 6.07) is 0. The van der Waals surface area contributed by atoms with E-state index in [9.17, 15) is 4.79 Å². The third kappa shape index (κ3) is 2.89. The number of carbonyl (C=O) groups is 1. The topological polar surface area (TPSA) is 59.6 Å². The molecule has 4 aliphatic rings. The molecule has 0 aromatic rings. The number of allylic oxidation sites excluding steroid dienone is 2. The third-order valence-corrected chi connectivity index (χ3v) is 5.50. The molecule has 3 N–H and O–H groups in total. The van der Waals surface area contributed by atoms with Crippen molar-refractivity contribution in [3.8, 4) is 0 Å². The SMILES string of the molecule is CC(C)C(=O)N1CC=C2C=C(N(C)C3NCN[C@H]4NC=C[C@H]34)C=C2C1. The minimum Gasteiger partial charge on any atom is -0.375 e. The second kappa shape index (κ2) is 6.35. The lowest BCUT2D eigenvalue weighted by molar-refractivity contribution is -0.133. The summed E-state index contributed by atoms with van der Waals surface area (Å²) in [5, 5.41) is 10.4. The molecular weight excluding hydrogens is 314 g/mol. The second-order valence-electron chi connectivity index (χ2n) is 7.49. The van der Waals surface area contributed by atoms with Gasteiger partial charge in [-0.3, -0.25) is 15.4 Å². The Bertz CT molecular complexity index is 690. The monoisotopic (exact) mass is 341 g/mol. The van der Waals surface area contributed by atoms with Gasteiger partial charge in [0.25, 0.3) is 0 Å². The standard InChI is InChI=1S/C19H27N5O/c1-12(2)19(25)24-7-5-13-8-15(9-14(13)10-24)23(3)18-16-4-6-20-17(16)21-11-22-18/h4-6,8-9,12,16-18,20-22H,7,10-11H2,1-3H3/t16-,17+,18?/m0/s1. The van der Waals surface area contributed by atoms with E-state index in [2.05, 4.69) is 52.2 Å². The van der Waals surface area contributed by atoms with Crippen LogP contribution >= 0.6 is 0 Å². The lowest BCUT2D eigenvalue weighted by Crippen LogP contribution is -2.63. The predicted molar refractivity (Wildman–Crippen MR) is 97.9 cm³/mol. The Morgan fingerprint density at radius 3 is 2.96 bits per heavy atom. The van der Waals surface area contributed by atoms with Crippen molar-refractivity contribution in [3.05, 3.63) is 47.3 Å². The summed E-state index contributed by atoms with van der Waals surface area (Å²) in [6.45, 7) is 6.13. The van der Waals surface area contributed by atoms with Gasteiger partial charge in [-0.25, -0.2) is 0 Å². The second-order valence-corrected chi connectivity index (χ2v) is 7.49. The number of fused-ring (bicyclic) bond motifs is 2. The van der Waals surface area contributed by atoms with E-state index < -0.39 is 0 Å². The average Bonchev–Trinajstić information content (AvgIpc) is 3.25. The van der Waals surface area contributed by atoms with Gasteiger partial charge >= 0.3 is 0 Å². The van der Waals surface area contributed by atoms with Crippen LogP contribution in [-0.2, 0) is 4.79 Å². The molecule has 0 bridgehead atoms. The molecule has 1 aliphatic carbocycles. The zero-order valence-corrected chi connectivity index (χ0v) is 15.1. The summed E-state index contributed by atoms with van der Waals surface area (Å²) in [4.78, 5) is 16.5. The molecule has 0 saturated carbocycles. The van der Waals surface area contributed by atoms with Crippen LogP contribution in [-0.4, -0.2) is 54.8 Å². The molecule has 0 spiro atoms. The van der Waals surface area contributed by atoms with E-state index in [-0.39, 0.29) is 18.0 Å². The Labute approximate surface area is 149 Å². The molecule has 3 heterocycles. The quantitative estimate of drug-likeness (QED) is 0.706. The predicted octanol–water partition coefficient (Wildman–Crippen LogP) is 0.702. The molecule has 1 amide bonds. The van der Waals surface area contributed by atoms with Crippen LogP contribution < -0.4 is 16.0 Å². The first-order chi connectivity index (χ1) is 12.0. The van der Waals surface area contributed by atoms with E-state index in [4.69, 9.17) is 0 Å². The van der Waals surface area contributed by atoms with Crippen LogP contribution in [0.1, 0.15) is 13.8 Å². The van der Waals surface area contributed by atoms with Crippen LogP contribution in [0.3, 0.4) is 0 Å². The maximum Gasteiger partial charge on any atom is 0.225 e. The van der Waals surface area contributed by atoms with Gasteiger partial charge in [-0.2, -0.15) is 0 Å². The van der Waals surface area contributed by atoms with Gasteiger partial charge in [0.05, 0.1) is 12.3 Å². The van der Waals surface area contributed by atoms with Crippen LogP contribution in [0.4, 0.5) is 0 Å². The molecule has 3 aliphatic heterocycles. The summed E-state index contributed by atoms with van der Waals surface area (Å²) < 4.78 is 0. The molecule has 3 atom stereocenters. The number of hydrogen-bond donors (Lipinski definition) is 3. The fourth-order valence-corrected chi connectivity index (χ4v) is 4.04. The number of nitrogens with zero attached hydrogens (tertiary/aromatic N) is 2. The maximum absolute atomic E-state index is 12.3. The highest BCUT2D eigenvalue weighted by molar-refractivity contribution is 5.79. The first-order valence-electron chi connectivity index (χ1n) is 9.08. The summed E-state index contributed by atoms with van der Waals surface area (Å²) in [5.41, 5.74) is 3.71. The fraction of sp³-hybridized carbons (Fsp3) is 0.526. The lowest BCUT2D eigenvalue weighted by Gasteiger charge is -2.41. The van der Waals surface area contributed by atoms with E-state index in [0.29, 0.717) is 25.2 Å². The van der Waals surface area contributed by atoms with Gasteiger partial charge in [-0.05, 0) is 29.5 Å². The molecule has 1 unspecified atom stereocenters. The number of carbonyl (C=O) groups excluding carboxylic acids is 1. The smallest absolute Gasteiger partial charge is 0.225 e. The third-order valence-electron chi connectivity index (χ3n) is 5.50. The van der Waals surface area contributed by atoms with Crippen molar-refractivity contribution < 1.29 is 4.79 Å². The van der Waals surface area contributed by atoms with Gasteiger partial charge in [-0.15, -0.1) is 0 Å². The Balaban J connectivity index is 1.50. The molecule has 0 aromatic heterocycles. The number of rotatable bonds is 3. The van der Waals surface area contributed by atoms with Crippen molar-refractivity contribution in [2.45, 2.75) is 26.2 Å². The molecule has 0 radical (unpaired) electrons. The van der Waals surface area contributed by atoms with Crippen LogP contribution in [0.25, 0.3) is 0 Å². The molecular formula is C19H27N5O. The van der Waals surface area contributed by atoms with E-state index in [1.165, 1.54) is 16.8 Å². The van der Waals surface area contributed by atoms with E-state index >= 15 is 0 Å². The molecule has 134 valence electrons.